The molecule has 4 heteroatoms. The van der Waals surface area contributed by atoms with Crippen molar-refractivity contribution in [3.05, 3.63) is 17.6 Å². The molecule has 0 atom stereocenters. The molecular weight excluding hydrogens is 212 g/mol. The third-order valence-electron chi connectivity index (χ3n) is 3.21. The highest BCUT2D eigenvalue weighted by Gasteiger charge is 2.25. The Morgan fingerprint density at radius 2 is 2.12 bits per heavy atom. The zero-order valence-corrected chi connectivity index (χ0v) is 11.2. The van der Waals surface area contributed by atoms with Crippen LogP contribution in [0.1, 0.15) is 38.2 Å². The van der Waals surface area contributed by atoms with Gasteiger partial charge in [0.1, 0.15) is 11.6 Å². The third-order valence-corrected chi connectivity index (χ3v) is 3.21. The summed E-state index contributed by atoms with van der Waals surface area (Å²) >= 11 is 0. The van der Waals surface area contributed by atoms with Crippen LogP contribution in [0.15, 0.2) is 6.07 Å². The molecule has 1 saturated heterocycles. The average molecular weight is 234 g/mol. The minimum absolute atomic E-state index is 0.381. The maximum Gasteiger partial charge on any atom is 0.133 e. The zero-order valence-electron chi connectivity index (χ0n) is 11.2. The van der Waals surface area contributed by atoms with Gasteiger partial charge in [0.05, 0.1) is 6.04 Å². The first-order chi connectivity index (χ1) is 8.11. The molecule has 1 aliphatic rings. The lowest BCUT2D eigenvalue weighted by Gasteiger charge is -2.38. The van der Waals surface area contributed by atoms with Gasteiger partial charge in [-0.3, -0.25) is 0 Å². The minimum Gasteiger partial charge on any atom is -0.351 e. The molecule has 1 aliphatic heterocycles. The van der Waals surface area contributed by atoms with Crippen LogP contribution in [0.3, 0.4) is 0 Å². The van der Waals surface area contributed by atoms with E-state index in [9.17, 15) is 0 Å². The summed E-state index contributed by atoms with van der Waals surface area (Å²) in [5.41, 5.74) is 1.06. The molecule has 0 radical (unpaired) electrons. The summed E-state index contributed by atoms with van der Waals surface area (Å²) in [4.78, 5) is 11.6. The Bertz CT molecular complexity index is 385. The quantitative estimate of drug-likeness (QED) is 0.861. The molecule has 0 amide bonds. The van der Waals surface area contributed by atoms with Crippen molar-refractivity contribution in [1.29, 1.82) is 0 Å². The number of aromatic nitrogens is 2. The summed E-state index contributed by atoms with van der Waals surface area (Å²) in [6.07, 6.45) is 0. The predicted molar refractivity (Wildman–Crippen MR) is 70.5 cm³/mol. The fourth-order valence-electron chi connectivity index (χ4n) is 2.08. The normalized spacial score (nSPS) is 16.1. The van der Waals surface area contributed by atoms with Crippen LogP contribution in [0.5, 0.6) is 0 Å². The van der Waals surface area contributed by atoms with Crippen LogP contribution in [-0.4, -0.2) is 35.6 Å². The van der Waals surface area contributed by atoms with Gasteiger partial charge in [-0.1, -0.05) is 13.8 Å². The van der Waals surface area contributed by atoms with E-state index in [1.54, 1.807) is 0 Å². The Hall–Kier alpha value is -1.16. The van der Waals surface area contributed by atoms with Crippen molar-refractivity contribution in [1.82, 2.24) is 15.3 Å². The molecule has 2 rings (SSSR count). The van der Waals surface area contributed by atoms with Gasteiger partial charge < -0.3 is 10.2 Å². The number of nitrogens with one attached hydrogen (secondary N) is 1. The molecule has 0 unspecified atom stereocenters. The van der Waals surface area contributed by atoms with E-state index in [1.165, 1.54) is 0 Å². The summed E-state index contributed by atoms with van der Waals surface area (Å²) in [6, 6.07) is 2.68. The van der Waals surface area contributed by atoms with Gasteiger partial charge in [0.15, 0.2) is 0 Å². The minimum atomic E-state index is 0.381. The molecule has 0 spiro atoms. The van der Waals surface area contributed by atoms with E-state index in [1.807, 2.05) is 6.92 Å². The third kappa shape index (κ3) is 2.57. The number of nitrogens with zero attached hydrogens (tertiary/aromatic N) is 3. The molecule has 2 heterocycles. The van der Waals surface area contributed by atoms with Crippen molar-refractivity contribution < 1.29 is 0 Å². The maximum atomic E-state index is 4.69. The Balaban J connectivity index is 2.29. The molecule has 1 fully saturated rings. The molecule has 0 aliphatic carbocycles. The number of hydrogen-bond acceptors (Lipinski definition) is 4. The molecule has 0 saturated carbocycles. The van der Waals surface area contributed by atoms with Gasteiger partial charge in [0.2, 0.25) is 0 Å². The van der Waals surface area contributed by atoms with E-state index in [2.05, 4.69) is 42.0 Å². The van der Waals surface area contributed by atoms with Gasteiger partial charge in [-0.25, -0.2) is 9.97 Å². The molecule has 0 bridgehead atoms. The number of hydrogen-bond donors (Lipinski definition) is 1. The van der Waals surface area contributed by atoms with Gasteiger partial charge >= 0.3 is 0 Å². The second-order valence-corrected chi connectivity index (χ2v) is 4.98. The summed E-state index contributed by atoms with van der Waals surface area (Å²) < 4.78 is 0. The van der Waals surface area contributed by atoms with Crippen molar-refractivity contribution in [2.75, 3.05) is 24.5 Å². The standard InChI is InChI=1S/C13H22N4/c1-5-17(11-7-14-8-11)12-6-10(4)15-13(16-12)9(2)3/h6,9,11,14H,5,7-8H2,1-4H3. The fourth-order valence-corrected chi connectivity index (χ4v) is 2.08. The second kappa shape index (κ2) is 5.00. The fraction of sp³-hybridized carbons (Fsp3) is 0.692. The largest absolute Gasteiger partial charge is 0.351 e. The SMILES string of the molecule is CCN(c1cc(C)nc(C(C)C)n1)C1CNC1. The van der Waals surface area contributed by atoms with Crippen LogP contribution < -0.4 is 10.2 Å². The Kier molecular flexibility index (Phi) is 3.62. The lowest BCUT2D eigenvalue weighted by Crippen LogP contribution is -2.57. The van der Waals surface area contributed by atoms with Gasteiger partial charge in [0, 0.05) is 37.3 Å². The van der Waals surface area contributed by atoms with Gasteiger partial charge in [-0.2, -0.15) is 0 Å². The van der Waals surface area contributed by atoms with Gasteiger partial charge in [-0.15, -0.1) is 0 Å². The maximum absolute atomic E-state index is 4.69. The molecule has 4 nitrogen and oxygen atoms in total. The lowest BCUT2D eigenvalue weighted by atomic mass is 10.1. The van der Waals surface area contributed by atoms with E-state index in [0.717, 1.165) is 37.0 Å². The Morgan fingerprint density at radius 3 is 2.59 bits per heavy atom. The first kappa shape index (κ1) is 12.3. The highest BCUT2D eigenvalue weighted by Crippen LogP contribution is 2.20. The highest BCUT2D eigenvalue weighted by molar-refractivity contribution is 5.42. The zero-order chi connectivity index (χ0) is 12.4. The predicted octanol–water partition coefficient (Wildman–Crippen LogP) is 1.71. The highest BCUT2D eigenvalue weighted by atomic mass is 15.3. The number of anilines is 1. The van der Waals surface area contributed by atoms with Crippen molar-refractivity contribution in [3.63, 3.8) is 0 Å². The molecule has 17 heavy (non-hydrogen) atoms. The smallest absolute Gasteiger partial charge is 0.133 e. The topological polar surface area (TPSA) is 41.1 Å². The molecule has 1 aromatic rings. The van der Waals surface area contributed by atoms with E-state index >= 15 is 0 Å². The van der Waals surface area contributed by atoms with Crippen molar-refractivity contribution in [2.24, 2.45) is 0 Å². The van der Waals surface area contributed by atoms with E-state index < -0.39 is 0 Å². The number of rotatable bonds is 4. The second-order valence-electron chi connectivity index (χ2n) is 4.98. The monoisotopic (exact) mass is 234 g/mol. The van der Waals surface area contributed by atoms with E-state index in [-0.39, 0.29) is 0 Å². The van der Waals surface area contributed by atoms with Crippen LogP contribution in [0.25, 0.3) is 0 Å². The summed E-state index contributed by atoms with van der Waals surface area (Å²) in [5.74, 6) is 2.41. The molecule has 94 valence electrons. The molecular formula is C13H22N4. The van der Waals surface area contributed by atoms with E-state index in [4.69, 9.17) is 4.98 Å². The van der Waals surface area contributed by atoms with Crippen molar-refractivity contribution in [3.8, 4) is 0 Å². The van der Waals surface area contributed by atoms with Crippen LogP contribution in [0, 0.1) is 6.92 Å². The van der Waals surface area contributed by atoms with Crippen LogP contribution in [0.2, 0.25) is 0 Å². The molecule has 1 aromatic heterocycles. The van der Waals surface area contributed by atoms with Gasteiger partial charge in [0.25, 0.3) is 0 Å². The average Bonchev–Trinajstić information content (AvgIpc) is 2.21. The first-order valence-corrected chi connectivity index (χ1v) is 6.44. The van der Waals surface area contributed by atoms with Crippen LogP contribution in [0.4, 0.5) is 5.82 Å². The summed E-state index contributed by atoms with van der Waals surface area (Å²) in [5, 5.41) is 3.31. The van der Waals surface area contributed by atoms with Crippen molar-refractivity contribution >= 4 is 5.82 Å². The Morgan fingerprint density at radius 1 is 1.41 bits per heavy atom. The number of likely N-dealkylation sites (N-methyl/N-ethyl adjacent to an activating group) is 1. The van der Waals surface area contributed by atoms with Crippen LogP contribution >= 0.6 is 0 Å². The lowest BCUT2D eigenvalue weighted by molar-refractivity contribution is 0.414. The first-order valence-electron chi connectivity index (χ1n) is 6.44. The van der Waals surface area contributed by atoms with Gasteiger partial charge in [-0.05, 0) is 13.8 Å². The van der Waals surface area contributed by atoms with Crippen LogP contribution in [-0.2, 0) is 0 Å². The molecule has 0 aromatic carbocycles. The summed E-state index contributed by atoms with van der Waals surface area (Å²) in [7, 11) is 0. The van der Waals surface area contributed by atoms with Crippen molar-refractivity contribution in [2.45, 2.75) is 39.7 Å². The summed E-state index contributed by atoms with van der Waals surface area (Å²) in [6.45, 7) is 11.6. The number of aryl methyl sites for hydroxylation is 1. The Labute approximate surface area is 103 Å². The molecule has 1 N–H and O–H groups in total. The van der Waals surface area contributed by atoms with E-state index in [0.29, 0.717) is 12.0 Å².